The van der Waals surface area contributed by atoms with Gasteiger partial charge in [-0.1, -0.05) is 35.5 Å². The molecule has 0 bridgehead atoms. The van der Waals surface area contributed by atoms with E-state index in [2.05, 4.69) is 15.6 Å². The molecule has 2 aromatic carbocycles. The monoisotopic (exact) mass is 370 g/mol. The number of nitrogens with zero attached hydrogens (tertiary/aromatic N) is 3. The maximum Gasteiger partial charge on any atom is 0.214 e. The second-order valence-corrected chi connectivity index (χ2v) is 6.58. The smallest absolute Gasteiger partial charge is 0.214 e. The lowest BCUT2D eigenvalue weighted by Gasteiger charge is -2.19. The normalized spacial score (nSPS) is 13.0. The van der Waals surface area contributed by atoms with Crippen LogP contribution in [0.1, 0.15) is 12.5 Å². The SMILES string of the molecule is CCOc1ccc(C2=CSc3nnc(-c4ccccc4Cl)n3N2)cc1. The van der Waals surface area contributed by atoms with Gasteiger partial charge in [0.15, 0.2) is 5.82 Å². The van der Waals surface area contributed by atoms with Gasteiger partial charge in [-0.15, -0.1) is 10.2 Å². The van der Waals surface area contributed by atoms with Gasteiger partial charge in [0.1, 0.15) is 5.75 Å². The first-order valence-electron chi connectivity index (χ1n) is 7.83. The average Bonchev–Trinajstić information content (AvgIpc) is 3.06. The van der Waals surface area contributed by atoms with E-state index in [1.54, 1.807) is 0 Å². The molecule has 0 saturated carbocycles. The van der Waals surface area contributed by atoms with Gasteiger partial charge in [0, 0.05) is 16.5 Å². The van der Waals surface area contributed by atoms with Gasteiger partial charge in [-0.25, -0.2) is 4.68 Å². The molecule has 0 amide bonds. The third kappa shape index (κ3) is 3.10. The van der Waals surface area contributed by atoms with Gasteiger partial charge in [-0.2, -0.15) is 0 Å². The molecule has 0 radical (unpaired) electrons. The summed E-state index contributed by atoms with van der Waals surface area (Å²) in [6.45, 7) is 2.63. The van der Waals surface area contributed by atoms with Crippen LogP contribution in [0, 0.1) is 0 Å². The predicted octanol–water partition coefficient (Wildman–Crippen LogP) is 4.65. The number of ether oxygens (including phenoxy) is 1. The standard InChI is InChI=1S/C18H15ClN4OS/c1-2-24-13-9-7-12(8-10-13)16-11-25-18-21-20-17(23(18)22-16)14-5-3-4-6-15(14)19/h3-11,22H,2H2,1H3. The second kappa shape index (κ2) is 6.82. The third-order valence-electron chi connectivity index (χ3n) is 3.74. The molecule has 0 aliphatic carbocycles. The van der Waals surface area contributed by atoms with E-state index in [4.69, 9.17) is 16.3 Å². The molecule has 0 saturated heterocycles. The van der Waals surface area contributed by atoms with Gasteiger partial charge in [-0.05, 0) is 43.3 Å². The van der Waals surface area contributed by atoms with E-state index in [1.807, 2.05) is 65.5 Å². The number of fused-ring (bicyclic) bond motifs is 1. The van der Waals surface area contributed by atoms with E-state index in [9.17, 15) is 0 Å². The molecule has 3 aromatic rings. The van der Waals surface area contributed by atoms with Crippen molar-refractivity contribution < 1.29 is 4.74 Å². The van der Waals surface area contributed by atoms with E-state index in [1.165, 1.54) is 11.8 Å². The lowest BCUT2D eigenvalue weighted by atomic mass is 10.2. The molecule has 25 heavy (non-hydrogen) atoms. The minimum Gasteiger partial charge on any atom is -0.494 e. The van der Waals surface area contributed by atoms with Crippen LogP contribution >= 0.6 is 23.4 Å². The summed E-state index contributed by atoms with van der Waals surface area (Å²) in [6, 6.07) is 15.6. The quantitative estimate of drug-likeness (QED) is 0.724. The molecule has 126 valence electrons. The highest BCUT2D eigenvalue weighted by Crippen LogP contribution is 2.33. The molecule has 4 rings (SSSR count). The van der Waals surface area contributed by atoms with Crippen molar-refractivity contribution >= 4 is 29.1 Å². The Balaban J connectivity index is 1.65. The number of hydrogen-bond donors (Lipinski definition) is 1. The van der Waals surface area contributed by atoms with Crippen molar-refractivity contribution in [2.45, 2.75) is 12.1 Å². The summed E-state index contributed by atoms with van der Waals surface area (Å²) in [5.41, 5.74) is 6.23. The molecule has 0 atom stereocenters. The minimum absolute atomic E-state index is 0.640. The summed E-state index contributed by atoms with van der Waals surface area (Å²) in [7, 11) is 0. The molecule has 7 heteroatoms. The molecular weight excluding hydrogens is 356 g/mol. The second-order valence-electron chi connectivity index (χ2n) is 5.34. The zero-order valence-corrected chi connectivity index (χ0v) is 15.0. The first-order chi connectivity index (χ1) is 12.3. The minimum atomic E-state index is 0.640. The Kier molecular flexibility index (Phi) is 4.38. The van der Waals surface area contributed by atoms with Crippen LogP contribution in [0.5, 0.6) is 5.75 Å². The summed E-state index contributed by atoms with van der Waals surface area (Å²) in [5, 5.41) is 12.0. The topological polar surface area (TPSA) is 52.0 Å². The van der Waals surface area contributed by atoms with Gasteiger partial charge < -0.3 is 4.74 Å². The van der Waals surface area contributed by atoms with Crippen molar-refractivity contribution in [2.75, 3.05) is 12.0 Å². The molecule has 0 spiro atoms. The van der Waals surface area contributed by atoms with E-state index in [0.717, 1.165) is 27.7 Å². The molecule has 2 heterocycles. The number of halogens is 1. The Morgan fingerprint density at radius 2 is 1.92 bits per heavy atom. The summed E-state index contributed by atoms with van der Waals surface area (Å²) < 4.78 is 7.36. The van der Waals surface area contributed by atoms with Gasteiger partial charge in [0.2, 0.25) is 5.16 Å². The zero-order valence-electron chi connectivity index (χ0n) is 13.4. The predicted molar refractivity (Wildman–Crippen MR) is 101 cm³/mol. The summed E-state index contributed by atoms with van der Waals surface area (Å²) >= 11 is 7.83. The number of hydrogen-bond acceptors (Lipinski definition) is 5. The van der Waals surface area contributed by atoms with E-state index < -0.39 is 0 Å². The summed E-state index contributed by atoms with van der Waals surface area (Å²) in [4.78, 5) is 0. The fraction of sp³-hybridized carbons (Fsp3) is 0.111. The van der Waals surface area contributed by atoms with Crippen LogP contribution in [0.25, 0.3) is 17.1 Å². The third-order valence-corrected chi connectivity index (χ3v) is 4.90. The molecule has 1 aliphatic rings. The molecule has 0 unspecified atom stereocenters. The van der Waals surface area contributed by atoms with Gasteiger partial charge in [0.25, 0.3) is 0 Å². The number of rotatable bonds is 4. The van der Waals surface area contributed by atoms with E-state index in [-0.39, 0.29) is 0 Å². The van der Waals surface area contributed by atoms with Crippen molar-refractivity contribution in [3.05, 3.63) is 64.5 Å². The Morgan fingerprint density at radius 1 is 1.12 bits per heavy atom. The number of aromatic nitrogens is 3. The zero-order chi connectivity index (χ0) is 17.2. The number of thioether (sulfide) groups is 1. The Bertz CT molecular complexity index is 937. The summed E-state index contributed by atoms with van der Waals surface area (Å²) in [6.07, 6.45) is 0. The first-order valence-corrected chi connectivity index (χ1v) is 9.09. The number of nitrogens with one attached hydrogen (secondary N) is 1. The van der Waals surface area contributed by atoms with Crippen molar-refractivity contribution in [2.24, 2.45) is 0 Å². The maximum absolute atomic E-state index is 6.31. The van der Waals surface area contributed by atoms with E-state index >= 15 is 0 Å². The summed E-state index contributed by atoms with van der Waals surface area (Å²) in [5.74, 6) is 1.54. The Morgan fingerprint density at radius 3 is 2.68 bits per heavy atom. The molecule has 1 aromatic heterocycles. The van der Waals surface area contributed by atoms with E-state index in [0.29, 0.717) is 17.5 Å². The highest BCUT2D eigenvalue weighted by molar-refractivity contribution is 8.02. The Labute approximate surface area is 154 Å². The fourth-order valence-electron chi connectivity index (χ4n) is 2.55. The van der Waals surface area contributed by atoms with Crippen LogP contribution in [-0.4, -0.2) is 21.5 Å². The highest BCUT2D eigenvalue weighted by atomic mass is 35.5. The Hall–Kier alpha value is -2.44. The van der Waals surface area contributed by atoms with Gasteiger partial charge in [-0.3, -0.25) is 5.43 Å². The largest absolute Gasteiger partial charge is 0.494 e. The van der Waals surface area contributed by atoms with Crippen LogP contribution < -0.4 is 10.2 Å². The van der Waals surface area contributed by atoms with Crippen LogP contribution in [0.15, 0.2) is 59.1 Å². The molecule has 1 N–H and O–H groups in total. The molecule has 5 nitrogen and oxygen atoms in total. The maximum atomic E-state index is 6.31. The number of benzene rings is 2. The van der Waals surface area contributed by atoms with Crippen molar-refractivity contribution in [1.29, 1.82) is 0 Å². The van der Waals surface area contributed by atoms with Crippen LogP contribution in [0.2, 0.25) is 5.02 Å². The van der Waals surface area contributed by atoms with Crippen molar-refractivity contribution in [1.82, 2.24) is 14.9 Å². The van der Waals surface area contributed by atoms with Crippen LogP contribution in [-0.2, 0) is 0 Å². The molecular formula is C18H15ClN4OS. The van der Waals surface area contributed by atoms with Crippen molar-refractivity contribution in [3.8, 4) is 17.1 Å². The van der Waals surface area contributed by atoms with Crippen molar-refractivity contribution in [3.63, 3.8) is 0 Å². The highest BCUT2D eigenvalue weighted by Gasteiger charge is 2.20. The first kappa shape index (κ1) is 16.1. The fourth-order valence-corrected chi connectivity index (χ4v) is 3.51. The van der Waals surface area contributed by atoms with Crippen LogP contribution in [0.4, 0.5) is 0 Å². The molecule has 1 aliphatic heterocycles. The van der Waals surface area contributed by atoms with Gasteiger partial charge in [0.05, 0.1) is 17.3 Å². The average molecular weight is 371 g/mol. The molecule has 0 fully saturated rings. The van der Waals surface area contributed by atoms with Crippen LogP contribution in [0.3, 0.4) is 0 Å². The van der Waals surface area contributed by atoms with Gasteiger partial charge >= 0.3 is 0 Å². The lowest BCUT2D eigenvalue weighted by Crippen LogP contribution is -2.18. The lowest BCUT2D eigenvalue weighted by molar-refractivity contribution is 0.340.